The maximum absolute atomic E-state index is 11.9. The topological polar surface area (TPSA) is 94.3 Å². The molecule has 7 nitrogen and oxygen atoms in total. The van der Waals surface area contributed by atoms with Gasteiger partial charge < -0.3 is 14.6 Å². The number of hydrogen-bond donors (Lipinski definition) is 1. The van der Waals surface area contributed by atoms with Crippen LogP contribution < -0.4 is 5.32 Å². The van der Waals surface area contributed by atoms with E-state index in [2.05, 4.69) is 15.5 Å². The van der Waals surface area contributed by atoms with Gasteiger partial charge in [-0.2, -0.15) is 4.98 Å². The highest BCUT2D eigenvalue weighted by Gasteiger charge is 2.12. The van der Waals surface area contributed by atoms with Crippen LogP contribution in [0.4, 0.5) is 5.69 Å². The summed E-state index contributed by atoms with van der Waals surface area (Å²) in [4.78, 5) is 27.9. The van der Waals surface area contributed by atoms with Crippen molar-refractivity contribution in [3.8, 4) is 10.7 Å². The number of carbonyl (C=O) groups excluding carboxylic acids is 2. The van der Waals surface area contributed by atoms with E-state index in [9.17, 15) is 9.59 Å². The molecule has 0 saturated heterocycles. The van der Waals surface area contributed by atoms with Crippen molar-refractivity contribution in [2.75, 3.05) is 5.32 Å². The van der Waals surface area contributed by atoms with Crippen LogP contribution in [0.1, 0.15) is 18.4 Å². The number of hydrogen-bond acceptors (Lipinski definition) is 7. The number of rotatable bonds is 6. The summed E-state index contributed by atoms with van der Waals surface area (Å²) in [5.74, 6) is 0.184. The lowest BCUT2D eigenvalue weighted by atomic mass is 10.1. The number of thiophene rings is 1. The number of anilines is 1. The Bertz CT molecular complexity index is 856. The number of carbonyl (C=O) groups is 2. The first-order valence-electron chi connectivity index (χ1n) is 7.49. The molecule has 0 aliphatic rings. The first-order chi connectivity index (χ1) is 12.1. The standard InChI is InChI=1S/C17H15N3O4S/c1-11(21)18-13-6-4-12(5-7-13)9-16(22)23-10-15-19-17(20-24-15)14-3-2-8-25-14/h2-8H,9-10H2,1H3,(H,18,21). The van der Waals surface area contributed by atoms with Gasteiger partial charge in [0, 0.05) is 12.6 Å². The average Bonchev–Trinajstić information content (AvgIpc) is 3.25. The summed E-state index contributed by atoms with van der Waals surface area (Å²) in [6.07, 6.45) is 0.117. The minimum atomic E-state index is -0.400. The van der Waals surface area contributed by atoms with Crippen LogP contribution in [-0.2, 0) is 27.4 Å². The van der Waals surface area contributed by atoms with Crippen LogP contribution in [0.2, 0.25) is 0 Å². The molecule has 0 spiro atoms. The first-order valence-corrected chi connectivity index (χ1v) is 8.37. The molecule has 0 unspecified atom stereocenters. The molecule has 0 aliphatic heterocycles. The molecule has 0 aliphatic carbocycles. The molecule has 3 aromatic rings. The van der Waals surface area contributed by atoms with Crippen LogP contribution in [0.3, 0.4) is 0 Å². The highest BCUT2D eigenvalue weighted by molar-refractivity contribution is 7.13. The quantitative estimate of drug-likeness (QED) is 0.682. The smallest absolute Gasteiger partial charge is 0.310 e. The summed E-state index contributed by atoms with van der Waals surface area (Å²) >= 11 is 1.50. The molecule has 0 saturated carbocycles. The monoisotopic (exact) mass is 357 g/mol. The number of nitrogens with zero attached hydrogens (tertiary/aromatic N) is 2. The molecular weight excluding hydrogens is 342 g/mol. The molecule has 128 valence electrons. The second-order valence-corrected chi connectivity index (χ2v) is 6.15. The van der Waals surface area contributed by atoms with Gasteiger partial charge in [-0.1, -0.05) is 23.4 Å². The predicted octanol–water partition coefficient (Wildman–Crippen LogP) is 3.04. The molecule has 0 radical (unpaired) electrons. The van der Waals surface area contributed by atoms with Gasteiger partial charge in [0.25, 0.3) is 5.89 Å². The third-order valence-corrected chi connectivity index (χ3v) is 4.05. The van der Waals surface area contributed by atoms with Crippen molar-refractivity contribution in [2.45, 2.75) is 20.0 Å². The summed E-state index contributed by atoms with van der Waals surface area (Å²) in [5.41, 5.74) is 1.46. The molecule has 8 heteroatoms. The van der Waals surface area contributed by atoms with Crippen LogP contribution in [0.15, 0.2) is 46.3 Å². The number of ether oxygens (including phenoxy) is 1. The van der Waals surface area contributed by atoms with E-state index in [0.29, 0.717) is 11.5 Å². The van der Waals surface area contributed by atoms with Crippen molar-refractivity contribution in [1.82, 2.24) is 10.1 Å². The van der Waals surface area contributed by atoms with Gasteiger partial charge in [0.15, 0.2) is 6.61 Å². The first kappa shape index (κ1) is 16.8. The fourth-order valence-corrected chi connectivity index (χ4v) is 2.74. The van der Waals surface area contributed by atoms with Crippen molar-refractivity contribution in [2.24, 2.45) is 0 Å². The van der Waals surface area contributed by atoms with Crippen molar-refractivity contribution in [3.63, 3.8) is 0 Å². The fourth-order valence-electron chi connectivity index (χ4n) is 2.09. The molecule has 0 atom stereocenters. The van der Waals surface area contributed by atoms with E-state index < -0.39 is 5.97 Å². The normalized spacial score (nSPS) is 10.4. The SMILES string of the molecule is CC(=O)Nc1ccc(CC(=O)OCc2nc(-c3cccs3)no2)cc1. The molecule has 2 heterocycles. The number of nitrogens with one attached hydrogen (secondary N) is 1. The van der Waals surface area contributed by atoms with Gasteiger partial charge in [0.2, 0.25) is 11.7 Å². The van der Waals surface area contributed by atoms with Gasteiger partial charge in [-0.3, -0.25) is 9.59 Å². The van der Waals surface area contributed by atoms with Crippen LogP contribution >= 0.6 is 11.3 Å². The Morgan fingerprint density at radius 3 is 2.72 bits per heavy atom. The molecule has 3 rings (SSSR count). The van der Waals surface area contributed by atoms with Crippen molar-refractivity contribution in [1.29, 1.82) is 0 Å². The van der Waals surface area contributed by atoms with Gasteiger partial charge in [0.1, 0.15) is 0 Å². The summed E-state index contributed by atoms with van der Waals surface area (Å²) < 4.78 is 10.2. The molecule has 0 bridgehead atoms. The Balaban J connectivity index is 1.50. The van der Waals surface area contributed by atoms with Crippen molar-refractivity contribution < 1.29 is 18.8 Å². The Kier molecular flexibility index (Phi) is 5.20. The van der Waals surface area contributed by atoms with E-state index in [0.717, 1.165) is 10.4 Å². The molecule has 0 fully saturated rings. The van der Waals surface area contributed by atoms with Crippen LogP contribution in [0.5, 0.6) is 0 Å². The molecule has 1 amide bonds. The van der Waals surface area contributed by atoms with Crippen LogP contribution in [0, 0.1) is 0 Å². The van der Waals surface area contributed by atoms with Crippen LogP contribution in [0.25, 0.3) is 10.7 Å². The molecule has 1 aromatic carbocycles. The van der Waals surface area contributed by atoms with E-state index in [1.54, 1.807) is 24.3 Å². The molecular formula is C17H15N3O4S. The average molecular weight is 357 g/mol. The number of benzene rings is 1. The summed E-state index contributed by atoms with van der Waals surface area (Å²) in [7, 11) is 0. The lowest BCUT2D eigenvalue weighted by Gasteiger charge is -2.05. The zero-order chi connectivity index (χ0) is 17.6. The highest BCUT2D eigenvalue weighted by atomic mass is 32.1. The highest BCUT2D eigenvalue weighted by Crippen LogP contribution is 2.21. The van der Waals surface area contributed by atoms with E-state index in [4.69, 9.17) is 9.26 Å². The van der Waals surface area contributed by atoms with Gasteiger partial charge in [0.05, 0.1) is 11.3 Å². The van der Waals surface area contributed by atoms with Gasteiger partial charge >= 0.3 is 5.97 Å². The lowest BCUT2D eigenvalue weighted by molar-refractivity contribution is -0.144. The van der Waals surface area contributed by atoms with Gasteiger partial charge in [-0.15, -0.1) is 11.3 Å². The van der Waals surface area contributed by atoms with Crippen molar-refractivity contribution >= 4 is 28.9 Å². The molecule has 1 N–H and O–H groups in total. The van der Waals surface area contributed by atoms with Gasteiger partial charge in [-0.05, 0) is 29.1 Å². The maximum Gasteiger partial charge on any atom is 0.310 e. The summed E-state index contributed by atoms with van der Waals surface area (Å²) in [5, 5.41) is 8.44. The second-order valence-electron chi connectivity index (χ2n) is 5.20. The van der Waals surface area contributed by atoms with E-state index in [-0.39, 0.29) is 24.8 Å². The second kappa shape index (κ2) is 7.71. The molecule has 25 heavy (non-hydrogen) atoms. The number of aromatic nitrogens is 2. The Morgan fingerprint density at radius 1 is 1.24 bits per heavy atom. The zero-order valence-electron chi connectivity index (χ0n) is 13.4. The summed E-state index contributed by atoms with van der Waals surface area (Å²) in [6.45, 7) is 1.37. The minimum Gasteiger partial charge on any atom is -0.455 e. The van der Waals surface area contributed by atoms with E-state index in [1.165, 1.54) is 18.3 Å². The Labute approximate surface area is 147 Å². The third kappa shape index (κ3) is 4.74. The molecule has 2 aromatic heterocycles. The van der Waals surface area contributed by atoms with Crippen molar-refractivity contribution in [3.05, 3.63) is 53.2 Å². The van der Waals surface area contributed by atoms with E-state index in [1.807, 2.05) is 17.5 Å². The Hall–Kier alpha value is -3.00. The third-order valence-electron chi connectivity index (χ3n) is 3.19. The predicted molar refractivity (Wildman–Crippen MR) is 91.9 cm³/mol. The Morgan fingerprint density at radius 2 is 2.04 bits per heavy atom. The zero-order valence-corrected chi connectivity index (χ0v) is 14.2. The maximum atomic E-state index is 11.9. The number of esters is 1. The fraction of sp³-hybridized carbons (Fsp3) is 0.176. The van der Waals surface area contributed by atoms with E-state index >= 15 is 0 Å². The number of amides is 1. The van der Waals surface area contributed by atoms with Gasteiger partial charge in [-0.25, -0.2) is 0 Å². The minimum absolute atomic E-state index is 0.0683. The largest absolute Gasteiger partial charge is 0.455 e. The van der Waals surface area contributed by atoms with Crippen LogP contribution in [-0.4, -0.2) is 22.0 Å². The lowest BCUT2D eigenvalue weighted by Crippen LogP contribution is -2.09. The summed E-state index contributed by atoms with van der Waals surface area (Å²) in [6, 6.07) is 10.8.